The van der Waals surface area contributed by atoms with Gasteiger partial charge < -0.3 is 31.5 Å². The Labute approximate surface area is 308 Å². The number of nitrogens with zero attached hydrogens (tertiary/aromatic N) is 5. The van der Waals surface area contributed by atoms with Crippen molar-refractivity contribution in [3.05, 3.63) is 142 Å². The SMILES string of the molecule is Cc1c(C(=O)N(C)C)cccc1[N+](=O)[O-].Cc1c(C(=O)O)cccc1[N+](=O)[O-].Cc1c(N)cccc1C(=O)N(C)C.Nc1c(C(=O)O)cccc1[N+](=O)[O-]. The number of carboxylic acids is 2. The van der Waals surface area contributed by atoms with Gasteiger partial charge in [-0.3, -0.25) is 39.9 Å². The first-order valence-electron chi connectivity index (χ1n) is 15.3. The summed E-state index contributed by atoms with van der Waals surface area (Å²) in [5, 5.41) is 48.6. The quantitative estimate of drug-likeness (QED) is 0.105. The molecule has 4 aromatic carbocycles. The van der Waals surface area contributed by atoms with Crippen LogP contribution in [0.4, 0.5) is 28.4 Å². The molecule has 0 bridgehead atoms. The molecule has 4 rings (SSSR count). The lowest BCUT2D eigenvalue weighted by molar-refractivity contribution is -0.385. The van der Waals surface area contributed by atoms with E-state index < -0.39 is 26.7 Å². The summed E-state index contributed by atoms with van der Waals surface area (Å²) in [7, 11) is 6.68. The van der Waals surface area contributed by atoms with Crippen LogP contribution in [-0.4, -0.2) is 86.7 Å². The predicted molar refractivity (Wildman–Crippen MR) is 199 cm³/mol. The molecule has 0 atom stereocenters. The first kappa shape index (κ1) is 44.6. The molecule has 0 saturated carbocycles. The fourth-order valence-corrected chi connectivity index (χ4v) is 4.37. The Kier molecular flexibility index (Phi) is 16.4. The molecule has 0 saturated heterocycles. The Hall–Kier alpha value is -7.44. The number of anilines is 2. The fourth-order valence-electron chi connectivity index (χ4n) is 4.37. The highest BCUT2D eigenvalue weighted by Crippen LogP contribution is 2.25. The molecular weight excluding hydrogens is 710 g/mol. The van der Waals surface area contributed by atoms with E-state index in [-0.39, 0.29) is 51.3 Å². The van der Waals surface area contributed by atoms with Crippen molar-refractivity contribution in [2.24, 2.45) is 0 Å². The third-order valence-electron chi connectivity index (χ3n) is 7.39. The van der Waals surface area contributed by atoms with Crippen LogP contribution in [0.25, 0.3) is 0 Å². The first-order chi connectivity index (χ1) is 25.1. The zero-order valence-corrected chi connectivity index (χ0v) is 30.3. The minimum Gasteiger partial charge on any atom is -0.478 e. The Bertz CT molecular complexity index is 1940. The Morgan fingerprint density at radius 1 is 0.519 bits per heavy atom. The molecule has 0 aliphatic rings. The summed E-state index contributed by atoms with van der Waals surface area (Å²) in [6, 6.07) is 17.5. The van der Waals surface area contributed by atoms with Gasteiger partial charge >= 0.3 is 11.9 Å². The number of hydrogen-bond donors (Lipinski definition) is 4. The number of carbonyl (C=O) groups excluding carboxylic acids is 2. The van der Waals surface area contributed by atoms with E-state index in [1.165, 1.54) is 54.3 Å². The van der Waals surface area contributed by atoms with Crippen molar-refractivity contribution in [1.29, 1.82) is 0 Å². The molecule has 0 unspecified atom stereocenters. The molecule has 0 heterocycles. The van der Waals surface area contributed by atoms with Crippen molar-refractivity contribution in [3.63, 3.8) is 0 Å². The number of benzene rings is 4. The van der Waals surface area contributed by atoms with Crippen LogP contribution in [0.5, 0.6) is 0 Å². The normalized spacial score (nSPS) is 9.69. The molecule has 4 aromatic rings. The number of aromatic carboxylic acids is 2. The van der Waals surface area contributed by atoms with E-state index >= 15 is 0 Å². The molecule has 2 amide bonds. The van der Waals surface area contributed by atoms with Gasteiger partial charge in [0.05, 0.1) is 25.9 Å². The highest BCUT2D eigenvalue weighted by molar-refractivity contribution is 5.97. The number of carboxylic acid groups (broad SMARTS) is 2. The average molecular weight is 750 g/mol. The molecule has 54 heavy (non-hydrogen) atoms. The summed E-state index contributed by atoms with van der Waals surface area (Å²) in [6.45, 7) is 4.85. The van der Waals surface area contributed by atoms with Gasteiger partial charge in [0.25, 0.3) is 28.9 Å². The van der Waals surface area contributed by atoms with Gasteiger partial charge in [-0.2, -0.15) is 0 Å². The standard InChI is InChI=1S/C10H12N2O3.C10H14N2O.C8H7NO4.C7H6N2O4/c1-7-8(10(13)11(2)3)5-4-6-9(7)12(14)15;1-7-8(10(13)12(2)3)5-4-6-9(7)11;1-5-6(8(10)11)3-2-4-7(5)9(12)13;8-6-4(7(10)11)2-1-3-5(6)9(12)13/h4-6H,1-3H3;4-6H,11H2,1-3H3;2-4H,1H3,(H,10,11);1-3H,8H2,(H,10,11). The summed E-state index contributed by atoms with van der Waals surface area (Å²) >= 11 is 0. The molecule has 0 aliphatic carbocycles. The number of hydrogen-bond acceptors (Lipinski definition) is 12. The average Bonchev–Trinajstić information content (AvgIpc) is 3.09. The largest absolute Gasteiger partial charge is 0.478 e. The third kappa shape index (κ3) is 11.8. The van der Waals surface area contributed by atoms with Gasteiger partial charge in [-0.1, -0.05) is 24.3 Å². The highest BCUT2D eigenvalue weighted by atomic mass is 16.6. The zero-order valence-electron chi connectivity index (χ0n) is 30.3. The van der Waals surface area contributed by atoms with E-state index in [0.29, 0.717) is 22.4 Å². The minimum atomic E-state index is -1.28. The lowest BCUT2D eigenvalue weighted by Crippen LogP contribution is -2.22. The van der Waals surface area contributed by atoms with Crippen molar-refractivity contribution in [1.82, 2.24) is 9.80 Å². The number of para-hydroxylation sites is 1. The summed E-state index contributed by atoms with van der Waals surface area (Å²) in [5.74, 6) is -2.66. The molecule has 0 aliphatic heterocycles. The van der Waals surface area contributed by atoms with Crippen LogP contribution in [-0.2, 0) is 0 Å². The van der Waals surface area contributed by atoms with E-state index in [1.807, 2.05) is 6.92 Å². The molecule has 0 fully saturated rings. The van der Waals surface area contributed by atoms with Gasteiger partial charge in [-0.05, 0) is 56.7 Å². The van der Waals surface area contributed by atoms with Crippen molar-refractivity contribution >= 4 is 52.2 Å². The smallest absolute Gasteiger partial charge is 0.338 e. The monoisotopic (exact) mass is 749 g/mol. The molecule has 0 aromatic heterocycles. The topological polar surface area (TPSA) is 297 Å². The van der Waals surface area contributed by atoms with Crippen molar-refractivity contribution < 1.29 is 44.2 Å². The summed E-state index contributed by atoms with van der Waals surface area (Å²) in [5.41, 5.74) is 12.9. The van der Waals surface area contributed by atoms with E-state index in [4.69, 9.17) is 21.7 Å². The van der Waals surface area contributed by atoms with E-state index in [9.17, 15) is 49.5 Å². The Morgan fingerprint density at radius 2 is 0.833 bits per heavy atom. The summed E-state index contributed by atoms with van der Waals surface area (Å²) in [4.78, 5) is 76.8. The maximum atomic E-state index is 11.6. The zero-order chi connectivity index (χ0) is 41.6. The second kappa shape index (κ2) is 19.8. The van der Waals surface area contributed by atoms with Gasteiger partial charge in [-0.15, -0.1) is 0 Å². The number of nitrogen functional groups attached to an aromatic ring is 2. The number of nitro benzene ring substituents is 3. The molecular formula is C35H39N7O12. The van der Waals surface area contributed by atoms with Crippen molar-refractivity contribution in [3.8, 4) is 0 Å². The Balaban J connectivity index is 0.000000361. The summed E-state index contributed by atoms with van der Waals surface area (Å²) < 4.78 is 0. The maximum Gasteiger partial charge on any atom is 0.338 e. The van der Waals surface area contributed by atoms with Gasteiger partial charge in [0.15, 0.2) is 0 Å². The molecule has 0 radical (unpaired) electrons. The van der Waals surface area contributed by atoms with Gasteiger partial charge in [0.1, 0.15) is 5.69 Å². The van der Waals surface area contributed by atoms with Crippen LogP contribution < -0.4 is 11.5 Å². The van der Waals surface area contributed by atoms with Crippen LogP contribution in [0.15, 0.2) is 72.8 Å². The van der Waals surface area contributed by atoms with Crippen molar-refractivity contribution in [2.75, 3.05) is 39.7 Å². The van der Waals surface area contributed by atoms with E-state index in [0.717, 1.165) is 11.6 Å². The number of carbonyl (C=O) groups is 4. The van der Waals surface area contributed by atoms with E-state index in [1.54, 1.807) is 64.3 Å². The third-order valence-corrected chi connectivity index (χ3v) is 7.39. The van der Waals surface area contributed by atoms with Crippen LogP contribution in [0.2, 0.25) is 0 Å². The van der Waals surface area contributed by atoms with Gasteiger partial charge in [-0.25, -0.2) is 9.59 Å². The van der Waals surface area contributed by atoms with Crippen molar-refractivity contribution in [2.45, 2.75) is 20.8 Å². The number of amides is 2. The Morgan fingerprint density at radius 3 is 1.20 bits per heavy atom. The van der Waals surface area contributed by atoms with E-state index in [2.05, 4.69) is 0 Å². The first-order valence-corrected chi connectivity index (χ1v) is 15.3. The molecule has 19 nitrogen and oxygen atoms in total. The molecule has 19 heteroatoms. The summed E-state index contributed by atoms with van der Waals surface area (Å²) in [6.07, 6.45) is 0. The van der Waals surface area contributed by atoms with Gasteiger partial charge in [0, 0.05) is 74.3 Å². The second-order valence-electron chi connectivity index (χ2n) is 11.4. The number of nitro groups is 3. The fraction of sp³-hybridized carbons (Fsp3) is 0.200. The van der Waals surface area contributed by atoms with Crippen LogP contribution in [0.1, 0.15) is 58.1 Å². The molecule has 6 N–H and O–H groups in total. The maximum absolute atomic E-state index is 11.6. The lowest BCUT2D eigenvalue weighted by atomic mass is 10.1. The second-order valence-corrected chi connectivity index (χ2v) is 11.4. The number of rotatable bonds is 7. The minimum absolute atomic E-state index is 0.00944. The highest BCUT2D eigenvalue weighted by Gasteiger charge is 2.20. The lowest BCUT2D eigenvalue weighted by Gasteiger charge is -2.13. The van der Waals surface area contributed by atoms with Gasteiger partial charge in [0.2, 0.25) is 0 Å². The number of nitrogens with two attached hydrogens (primary N) is 2. The molecule has 0 spiro atoms. The molecule has 286 valence electrons. The van der Waals surface area contributed by atoms with Crippen LogP contribution in [0, 0.1) is 51.1 Å². The predicted octanol–water partition coefficient (Wildman–Crippen LogP) is 5.36. The van der Waals surface area contributed by atoms with Crippen LogP contribution >= 0.6 is 0 Å². The van der Waals surface area contributed by atoms with Crippen LogP contribution in [0.3, 0.4) is 0 Å².